The molecule has 0 bridgehead atoms. The van der Waals surface area contributed by atoms with Crippen LogP contribution in [0.3, 0.4) is 0 Å². The molecule has 0 aliphatic rings. The van der Waals surface area contributed by atoms with Gasteiger partial charge in [-0.1, -0.05) is 6.08 Å². The Morgan fingerprint density at radius 3 is 2.86 bits per heavy atom. The molecule has 14 heavy (non-hydrogen) atoms. The van der Waals surface area contributed by atoms with Crippen molar-refractivity contribution in [2.45, 2.75) is 13.0 Å². The molecule has 0 amide bonds. The van der Waals surface area contributed by atoms with E-state index in [4.69, 9.17) is 5.11 Å². The van der Waals surface area contributed by atoms with E-state index in [0.29, 0.717) is 13.0 Å². The zero-order valence-corrected chi connectivity index (χ0v) is 7.64. The number of hydrogen-bond donors (Lipinski definition) is 1. The molecular weight excluding hydrogens is 182 g/mol. The minimum atomic E-state index is -1.09. The minimum absolute atomic E-state index is 0.0184. The molecule has 0 fully saturated rings. The average molecular weight is 193 g/mol. The van der Waals surface area contributed by atoms with Gasteiger partial charge in [-0.2, -0.15) is 0 Å². The topological polar surface area (TPSA) is 59.3 Å². The van der Waals surface area contributed by atoms with Crippen molar-refractivity contribution in [3.8, 4) is 0 Å². The van der Waals surface area contributed by atoms with E-state index >= 15 is 0 Å². The van der Waals surface area contributed by atoms with Crippen molar-refractivity contribution in [3.05, 3.63) is 46.9 Å². The van der Waals surface area contributed by atoms with Gasteiger partial charge >= 0.3 is 5.97 Å². The van der Waals surface area contributed by atoms with Gasteiger partial charge in [0, 0.05) is 18.8 Å². The fourth-order valence-corrected chi connectivity index (χ4v) is 1.06. The molecule has 0 atom stereocenters. The van der Waals surface area contributed by atoms with Gasteiger partial charge in [0.1, 0.15) is 0 Å². The highest BCUT2D eigenvalue weighted by molar-refractivity contribution is 5.87. The first-order valence-electron chi connectivity index (χ1n) is 4.20. The Bertz CT molecular complexity index is 406. The van der Waals surface area contributed by atoms with Gasteiger partial charge in [-0.25, -0.2) is 4.79 Å². The molecule has 0 spiro atoms. The molecule has 4 nitrogen and oxygen atoms in total. The number of aromatic nitrogens is 1. The van der Waals surface area contributed by atoms with E-state index in [1.165, 1.54) is 16.8 Å². The van der Waals surface area contributed by atoms with Crippen LogP contribution in [0, 0.1) is 0 Å². The van der Waals surface area contributed by atoms with E-state index < -0.39 is 5.97 Å². The number of aromatic carboxylic acids is 1. The van der Waals surface area contributed by atoms with Crippen molar-refractivity contribution >= 4 is 5.97 Å². The number of carbonyl (C=O) groups is 1. The smallest absolute Gasteiger partial charge is 0.335 e. The lowest BCUT2D eigenvalue weighted by Gasteiger charge is -2.02. The predicted molar refractivity (Wildman–Crippen MR) is 52.5 cm³/mol. The molecule has 1 aromatic rings. The Morgan fingerprint density at radius 1 is 1.64 bits per heavy atom. The highest BCUT2D eigenvalue weighted by Gasteiger charge is 2.03. The van der Waals surface area contributed by atoms with Crippen molar-refractivity contribution in [2.24, 2.45) is 0 Å². The van der Waals surface area contributed by atoms with E-state index in [1.807, 2.05) is 0 Å². The third-order valence-corrected chi connectivity index (χ3v) is 1.82. The molecule has 1 N–H and O–H groups in total. The molecule has 0 saturated carbocycles. The Hall–Kier alpha value is -1.84. The third kappa shape index (κ3) is 2.32. The first-order chi connectivity index (χ1) is 6.65. The first-order valence-corrected chi connectivity index (χ1v) is 4.20. The van der Waals surface area contributed by atoms with Crippen LogP contribution in [0.5, 0.6) is 0 Å². The van der Waals surface area contributed by atoms with Crippen molar-refractivity contribution in [1.29, 1.82) is 0 Å². The van der Waals surface area contributed by atoms with Gasteiger partial charge in [0.2, 0.25) is 0 Å². The Balaban J connectivity index is 2.95. The number of pyridine rings is 1. The summed E-state index contributed by atoms with van der Waals surface area (Å²) >= 11 is 0. The van der Waals surface area contributed by atoms with E-state index in [0.717, 1.165) is 6.07 Å². The van der Waals surface area contributed by atoms with Crippen LogP contribution in [0.1, 0.15) is 16.8 Å². The van der Waals surface area contributed by atoms with Crippen molar-refractivity contribution in [1.82, 2.24) is 4.57 Å². The molecule has 0 radical (unpaired) electrons. The van der Waals surface area contributed by atoms with Crippen molar-refractivity contribution < 1.29 is 9.90 Å². The number of carboxylic acid groups (broad SMARTS) is 1. The van der Waals surface area contributed by atoms with E-state index in [2.05, 4.69) is 6.58 Å². The monoisotopic (exact) mass is 193 g/mol. The van der Waals surface area contributed by atoms with Gasteiger partial charge < -0.3 is 9.67 Å². The second-order valence-electron chi connectivity index (χ2n) is 2.83. The van der Waals surface area contributed by atoms with Gasteiger partial charge in [-0.05, 0) is 12.5 Å². The van der Waals surface area contributed by atoms with Crippen molar-refractivity contribution in [2.75, 3.05) is 0 Å². The zero-order valence-electron chi connectivity index (χ0n) is 7.64. The summed E-state index contributed by atoms with van der Waals surface area (Å²) in [5.74, 6) is -1.09. The second kappa shape index (κ2) is 4.41. The summed E-state index contributed by atoms with van der Waals surface area (Å²) in [4.78, 5) is 21.8. The molecular formula is C10H11NO3. The molecule has 0 unspecified atom stereocenters. The summed E-state index contributed by atoms with van der Waals surface area (Å²) in [6, 6.07) is 2.53. The normalized spacial score (nSPS) is 9.71. The maximum absolute atomic E-state index is 11.3. The second-order valence-corrected chi connectivity index (χ2v) is 2.83. The van der Waals surface area contributed by atoms with E-state index in [-0.39, 0.29) is 11.1 Å². The molecule has 4 heteroatoms. The number of nitrogens with zero attached hydrogens (tertiary/aromatic N) is 1. The molecule has 1 heterocycles. The van der Waals surface area contributed by atoms with Gasteiger partial charge in [0.05, 0.1) is 5.56 Å². The van der Waals surface area contributed by atoms with Crippen LogP contribution in [0.2, 0.25) is 0 Å². The highest BCUT2D eigenvalue weighted by atomic mass is 16.4. The Kier molecular flexibility index (Phi) is 3.23. The average Bonchev–Trinajstić information content (AvgIpc) is 2.15. The Morgan fingerprint density at radius 2 is 2.36 bits per heavy atom. The lowest BCUT2D eigenvalue weighted by molar-refractivity contribution is 0.0696. The maximum atomic E-state index is 11.3. The molecule has 1 rings (SSSR count). The number of aryl methyl sites for hydroxylation is 1. The lowest BCUT2D eigenvalue weighted by Crippen LogP contribution is -2.20. The molecule has 0 aromatic carbocycles. The highest BCUT2D eigenvalue weighted by Crippen LogP contribution is 1.95. The van der Waals surface area contributed by atoms with Crippen LogP contribution in [0.4, 0.5) is 0 Å². The van der Waals surface area contributed by atoms with E-state index in [9.17, 15) is 9.59 Å². The third-order valence-electron chi connectivity index (χ3n) is 1.82. The Labute approximate surface area is 81.1 Å². The van der Waals surface area contributed by atoms with Gasteiger partial charge in [0.15, 0.2) is 0 Å². The van der Waals surface area contributed by atoms with Crippen LogP contribution in [0.15, 0.2) is 35.8 Å². The molecule has 0 aliphatic heterocycles. The summed E-state index contributed by atoms with van der Waals surface area (Å²) < 4.78 is 1.45. The van der Waals surface area contributed by atoms with E-state index in [1.54, 1.807) is 6.08 Å². The van der Waals surface area contributed by atoms with Gasteiger partial charge in [0.25, 0.3) is 5.56 Å². The SMILES string of the molecule is C=CCCn1ccc(C(=O)O)cc1=O. The molecule has 74 valence electrons. The fourth-order valence-electron chi connectivity index (χ4n) is 1.06. The molecule has 1 aromatic heterocycles. The van der Waals surface area contributed by atoms with Crippen LogP contribution < -0.4 is 5.56 Å². The summed E-state index contributed by atoms with van der Waals surface area (Å²) in [7, 11) is 0. The zero-order chi connectivity index (χ0) is 10.6. The standard InChI is InChI=1S/C10H11NO3/c1-2-3-5-11-6-4-8(10(13)14)7-9(11)12/h2,4,6-7H,1,3,5H2,(H,13,14). The van der Waals surface area contributed by atoms with Gasteiger partial charge in [-0.15, -0.1) is 6.58 Å². The molecule has 0 aliphatic carbocycles. The fraction of sp³-hybridized carbons (Fsp3) is 0.200. The predicted octanol–water partition coefficient (Wildman–Crippen LogP) is 1.12. The van der Waals surface area contributed by atoms with Crippen LogP contribution in [-0.2, 0) is 6.54 Å². The van der Waals surface area contributed by atoms with Crippen LogP contribution in [0.25, 0.3) is 0 Å². The van der Waals surface area contributed by atoms with Crippen molar-refractivity contribution in [3.63, 3.8) is 0 Å². The number of hydrogen-bond acceptors (Lipinski definition) is 2. The lowest BCUT2D eigenvalue weighted by atomic mass is 10.2. The summed E-state index contributed by atoms with van der Waals surface area (Å²) in [5.41, 5.74) is -0.281. The number of carboxylic acids is 1. The summed E-state index contributed by atoms with van der Waals surface area (Å²) in [6.07, 6.45) is 3.87. The largest absolute Gasteiger partial charge is 0.478 e. The first kappa shape index (κ1) is 10.2. The van der Waals surface area contributed by atoms with Crippen LogP contribution >= 0.6 is 0 Å². The number of rotatable bonds is 4. The number of allylic oxidation sites excluding steroid dienone is 1. The van der Waals surface area contributed by atoms with Crippen LogP contribution in [-0.4, -0.2) is 15.6 Å². The molecule has 0 saturated heterocycles. The van der Waals surface area contributed by atoms with Gasteiger partial charge in [-0.3, -0.25) is 4.79 Å². The quantitative estimate of drug-likeness (QED) is 0.729. The minimum Gasteiger partial charge on any atom is -0.478 e. The maximum Gasteiger partial charge on any atom is 0.335 e. The summed E-state index contributed by atoms with van der Waals surface area (Å²) in [6.45, 7) is 4.07. The summed E-state index contributed by atoms with van der Waals surface area (Å²) in [5, 5.41) is 8.61.